The lowest BCUT2D eigenvalue weighted by Crippen LogP contribution is -2.16. The fourth-order valence-corrected chi connectivity index (χ4v) is 4.73. The van der Waals surface area contributed by atoms with E-state index in [0.29, 0.717) is 10.7 Å². The van der Waals surface area contributed by atoms with Gasteiger partial charge in [-0.2, -0.15) is 0 Å². The van der Waals surface area contributed by atoms with Gasteiger partial charge in [0.1, 0.15) is 5.75 Å². The standard InChI is InChI=1S/C23H20ClN3O4S/c1-14-19(18-7-2-3-8-20(18)25-14)13-23(29)26-21-12-17(9-10-22(21)28)32(30,31)27-16-6-4-5-15(24)11-16/h2-12,25,27-28H,13H2,1H3,(H,26,29). The van der Waals surface area contributed by atoms with E-state index in [2.05, 4.69) is 15.0 Å². The van der Waals surface area contributed by atoms with Crippen molar-refractivity contribution in [3.63, 3.8) is 0 Å². The highest BCUT2D eigenvalue weighted by atomic mass is 35.5. The van der Waals surface area contributed by atoms with Gasteiger partial charge >= 0.3 is 0 Å². The number of aromatic hydroxyl groups is 1. The minimum Gasteiger partial charge on any atom is -0.506 e. The van der Waals surface area contributed by atoms with Crippen LogP contribution in [0.15, 0.2) is 71.6 Å². The molecular formula is C23H20ClN3O4S. The van der Waals surface area contributed by atoms with Gasteiger partial charge in [0.15, 0.2) is 0 Å². The smallest absolute Gasteiger partial charge is 0.261 e. The lowest BCUT2D eigenvalue weighted by atomic mass is 10.1. The number of fused-ring (bicyclic) bond motifs is 1. The summed E-state index contributed by atoms with van der Waals surface area (Å²) in [6.45, 7) is 1.88. The van der Waals surface area contributed by atoms with E-state index in [1.165, 1.54) is 24.3 Å². The Morgan fingerprint density at radius 2 is 1.84 bits per heavy atom. The molecule has 4 N–H and O–H groups in total. The predicted octanol–water partition coefficient (Wildman–Crippen LogP) is 4.82. The van der Waals surface area contributed by atoms with Crippen LogP contribution in [0.2, 0.25) is 5.02 Å². The molecule has 0 spiro atoms. The Hall–Kier alpha value is -3.49. The van der Waals surface area contributed by atoms with Crippen LogP contribution in [0.1, 0.15) is 11.3 Å². The molecule has 0 aliphatic heterocycles. The number of sulfonamides is 1. The molecule has 4 aromatic rings. The number of rotatable bonds is 6. The molecule has 0 aliphatic carbocycles. The number of anilines is 2. The summed E-state index contributed by atoms with van der Waals surface area (Å²) in [6.07, 6.45) is 0.0625. The van der Waals surface area contributed by atoms with E-state index in [-0.39, 0.29) is 28.7 Å². The van der Waals surface area contributed by atoms with Crippen LogP contribution >= 0.6 is 11.6 Å². The average Bonchev–Trinajstić information content (AvgIpc) is 3.04. The molecule has 1 aromatic heterocycles. The van der Waals surface area contributed by atoms with E-state index in [1.807, 2.05) is 31.2 Å². The van der Waals surface area contributed by atoms with Gasteiger partial charge in [-0.15, -0.1) is 0 Å². The highest BCUT2D eigenvalue weighted by Crippen LogP contribution is 2.29. The summed E-state index contributed by atoms with van der Waals surface area (Å²) < 4.78 is 27.9. The maximum atomic E-state index is 12.8. The number of para-hydroxylation sites is 1. The van der Waals surface area contributed by atoms with E-state index < -0.39 is 10.0 Å². The Morgan fingerprint density at radius 3 is 2.62 bits per heavy atom. The van der Waals surface area contributed by atoms with E-state index in [4.69, 9.17) is 11.6 Å². The molecule has 32 heavy (non-hydrogen) atoms. The molecule has 0 unspecified atom stereocenters. The van der Waals surface area contributed by atoms with Gasteiger partial charge < -0.3 is 15.4 Å². The summed E-state index contributed by atoms with van der Waals surface area (Å²) in [4.78, 5) is 15.8. The molecule has 0 radical (unpaired) electrons. The number of phenolic OH excluding ortho intramolecular Hbond substituents is 1. The van der Waals surface area contributed by atoms with E-state index >= 15 is 0 Å². The van der Waals surface area contributed by atoms with Crippen LogP contribution in [-0.4, -0.2) is 24.4 Å². The number of H-pyrrole nitrogens is 1. The van der Waals surface area contributed by atoms with Gasteiger partial charge in [-0.25, -0.2) is 8.42 Å². The topological polar surface area (TPSA) is 111 Å². The Labute approximate surface area is 190 Å². The molecule has 9 heteroatoms. The number of hydrogen-bond acceptors (Lipinski definition) is 4. The molecule has 164 valence electrons. The molecule has 0 aliphatic rings. The third-order valence-corrected chi connectivity index (χ3v) is 6.61. The van der Waals surface area contributed by atoms with Crippen molar-refractivity contribution in [3.05, 3.63) is 83.0 Å². The SMILES string of the molecule is Cc1[nH]c2ccccc2c1CC(=O)Nc1cc(S(=O)(=O)Nc2cccc(Cl)c2)ccc1O. The second kappa shape index (κ2) is 8.57. The van der Waals surface area contributed by atoms with Crippen LogP contribution in [0.5, 0.6) is 5.75 Å². The Kier molecular flexibility index (Phi) is 5.82. The lowest BCUT2D eigenvalue weighted by molar-refractivity contribution is -0.115. The van der Waals surface area contributed by atoms with Crippen molar-refractivity contribution in [2.24, 2.45) is 0 Å². The monoisotopic (exact) mass is 469 g/mol. The first-order valence-corrected chi connectivity index (χ1v) is 11.6. The van der Waals surface area contributed by atoms with Crippen LogP contribution < -0.4 is 10.0 Å². The third kappa shape index (κ3) is 4.56. The highest BCUT2D eigenvalue weighted by molar-refractivity contribution is 7.92. The minimum atomic E-state index is -3.97. The summed E-state index contributed by atoms with van der Waals surface area (Å²) in [7, 11) is -3.97. The number of phenols is 1. The Bertz CT molecular complexity index is 1430. The molecule has 1 heterocycles. The molecular weight excluding hydrogens is 450 g/mol. The summed E-state index contributed by atoms with van der Waals surface area (Å²) in [5.41, 5.74) is 2.93. The van der Waals surface area contributed by atoms with Gasteiger partial charge in [0.05, 0.1) is 22.7 Å². The maximum Gasteiger partial charge on any atom is 0.261 e. The first-order valence-electron chi connectivity index (χ1n) is 9.70. The number of amides is 1. The first kappa shape index (κ1) is 21.7. The molecule has 0 atom stereocenters. The van der Waals surface area contributed by atoms with Gasteiger partial charge in [0.25, 0.3) is 10.0 Å². The van der Waals surface area contributed by atoms with Crippen LogP contribution in [0.25, 0.3) is 10.9 Å². The summed E-state index contributed by atoms with van der Waals surface area (Å²) in [5, 5.41) is 14.1. The summed E-state index contributed by atoms with van der Waals surface area (Å²) in [5.74, 6) is -0.624. The summed E-state index contributed by atoms with van der Waals surface area (Å²) in [6, 6.07) is 17.6. The van der Waals surface area contributed by atoms with Crippen molar-refractivity contribution in [2.45, 2.75) is 18.2 Å². The molecule has 0 fully saturated rings. The zero-order valence-electron chi connectivity index (χ0n) is 17.0. The number of aryl methyl sites for hydroxylation is 1. The number of carbonyl (C=O) groups excluding carboxylic acids is 1. The quantitative estimate of drug-likeness (QED) is 0.303. The molecule has 0 saturated heterocycles. The van der Waals surface area contributed by atoms with Crippen molar-refractivity contribution < 1.29 is 18.3 Å². The number of aromatic nitrogens is 1. The van der Waals surface area contributed by atoms with Crippen molar-refractivity contribution in [1.82, 2.24) is 4.98 Å². The second-order valence-corrected chi connectivity index (χ2v) is 9.41. The van der Waals surface area contributed by atoms with Crippen LogP contribution in [0.4, 0.5) is 11.4 Å². The van der Waals surface area contributed by atoms with Crippen LogP contribution in [-0.2, 0) is 21.2 Å². The maximum absolute atomic E-state index is 12.8. The fourth-order valence-electron chi connectivity index (χ4n) is 3.47. The molecule has 7 nitrogen and oxygen atoms in total. The fraction of sp³-hybridized carbons (Fsp3) is 0.0870. The molecule has 3 aromatic carbocycles. The van der Waals surface area contributed by atoms with E-state index in [0.717, 1.165) is 22.2 Å². The number of aromatic amines is 1. The first-order chi connectivity index (χ1) is 15.2. The normalized spacial score (nSPS) is 11.4. The Balaban J connectivity index is 1.56. The van der Waals surface area contributed by atoms with Gasteiger partial charge in [0, 0.05) is 21.6 Å². The Morgan fingerprint density at radius 1 is 1.06 bits per heavy atom. The van der Waals surface area contributed by atoms with Gasteiger partial charge in [-0.1, -0.05) is 35.9 Å². The zero-order valence-corrected chi connectivity index (χ0v) is 18.6. The molecule has 4 rings (SSSR count). The second-order valence-electron chi connectivity index (χ2n) is 7.29. The van der Waals surface area contributed by atoms with E-state index in [9.17, 15) is 18.3 Å². The van der Waals surface area contributed by atoms with Crippen molar-refractivity contribution in [3.8, 4) is 5.75 Å². The minimum absolute atomic E-state index is 0.00136. The third-order valence-electron chi connectivity index (χ3n) is 4.99. The number of nitrogens with one attached hydrogen (secondary N) is 3. The van der Waals surface area contributed by atoms with Crippen LogP contribution in [0, 0.1) is 6.92 Å². The summed E-state index contributed by atoms with van der Waals surface area (Å²) >= 11 is 5.91. The number of halogens is 1. The van der Waals surface area contributed by atoms with Gasteiger partial charge in [0.2, 0.25) is 5.91 Å². The van der Waals surface area contributed by atoms with Crippen molar-refractivity contribution >= 4 is 49.8 Å². The van der Waals surface area contributed by atoms with Gasteiger partial charge in [-0.3, -0.25) is 9.52 Å². The molecule has 0 bridgehead atoms. The predicted molar refractivity (Wildman–Crippen MR) is 126 cm³/mol. The van der Waals surface area contributed by atoms with Crippen molar-refractivity contribution in [1.29, 1.82) is 0 Å². The number of carbonyl (C=O) groups is 1. The largest absolute Gasteiger partial charge is 0.506 e. The zero-order chi connectivity index (χ0) is 22.9. The number of benzene rings is 3. The number of hydrogen-bond donors (Lipinski definition) is 4. The van der Waals surface area contributed by atoms with Crippen molar-refractivity contribution in [2.75, 3.05) is 10.0 Å². The molecule has 0 saturated carbocycles. The van der Waals surface area contributed by atoms with Gasteiger partial charge in [-0.05, 0) is 55.0 Å². The highest BCUT2D eigenvalue weighted by Gasteiger charge is 2.19. The lowest BCUT2D eigenvalue weighted by Gasteiger charge is -2.12. The average molecular weight is 470 g/mol. The van der Waals surface area contributed by atoms with E-state index in [1.54, 1.807) is 18.2 Å². The van der Waals surface area contributed by atoms with Crippen LogP contribution in [0.3, 0.4) is 0 Å². The molecule has 1 amide bonds.